The first-order valence-electron chi connectivity index (χ1n) is 8.13. The maximum Gasteiger partial charge on any atom is 0.416 e. The van der Waals surface area contributed by atoms with Crippen molar-refractivity contribution in [3.05, 3.63) is 64.1 Å². The Morgan fingerprint density at radius 3 is 2.20 bits per heavy atom. The zero-order valence-corrected chi connectivity index (χ0v) is 14.0. The number of halogens is 3. The molecule has 0 saturated carbocycles. The van der Waals surface area contributed by atoms with Crippen molar-refractivity contribution >= 4 is 5.69 Å². The highest BCUT2D eigenvalue weighted by atomic mass is 19.4. The molecule has 0 N–H and O–H groups in total. The van der Waals surface area contributed by atoms with Crippen molar-refractivity contribution < 1.29 is 13.2 Å². The molecular weight excluding hydrogens is 331 g/mol. The highest BCUT2D eigenvalue weighted by Gasteiger charge is 2.30. The minimum Gasteiger partial charge on any atom is -0.369 e. The van der Waals surface area contributed by atoms with Gasteiger partial charge >= 0.3 is 6.18 Å². The van der Waals surface area contributed by atoms with Crippen LogP contribution in [0, 0.1) is 0 Å². The molecule has 0 amide bonds. The highest BCUT2D eigenvalue weighted by molar-refractivity contribution is 5.48. The van der Waals surface area contributed by atoms with Gasteiger partial charge in [0.25, 0.3) is 5.56 Å². The summed E-state index contributed by atoms with van der Waals surface area (Å²) in [4.78, 5) is 16.0. The zero-order chi connectivity index (χ0) is 18.0. The fraction of sp³-hybridized carbons (Fsp3) is 0.389. The zero-order valence-electron chi connectivity index (χ0n) is 14.0. The van der Waals surface area contributed by atoms with Gasteiger partial charge in [0.2, 0.25) is 0 Å². The summed E-state index contributed by atoms with van der Waals surface area (Å²) >= 11 is 0. The molecule has 0 bridgehead atoms. The van der Waals surface area contributed by atoms with Gasteiger partial charge in [-0.05, 0) is 35.9 Å². The van der Waals surface area contributed by atoms with Gasteiger partial charge in [0.15, 0.2) is 0 Å². The predicted octanol–water partition coefficient (Wildman–Crippen LogP) is 2.73. The lowest BCUT2D eigenvalue weighted by atomic mass is 10.1. The highest BCUT2D eigenvalue weighted by Crippen LogP contribution is 2.30. The van der Waals surface area contributed by atoms with Gasteiger partial charge in [-0.1, -0.05) is 0 Å². The van der Waals surface area contributed by atoms with Crippen LogP contribution in [0.3, 0.4) is 0 Å². The van der Waals surface area contributed by atoms with Crippen LogP contribution in [0.2, 0.25) is 0 Å². The molecule has 2 heterocycles. The standard InChI is InChI=1S/C18H20F3N3O/c1-22-7-6-14(12-17(22)25)13-23-8-10-24(11-9-23)16-4-2-15(3-5-16)18(19,20)21/h2-7,12H,8-11,13H2,1H3. The largest absolute Gasteiger partial charge is 0.416 e. The summed E-state index contributed by atoms with van der Waals surface area (Å²) in [5.41, 5.74) is 1.13. The van der Waals surface area contributed by atoms with E-state index in [0.29, 0.717) is 6.54 Å². The van der Waals surface area contributed by atoms with E-state index in [-0.39, 0.29) is 5.56 Å². The molecule has 4 nitrogen and oxygen atoms in total. The Bertz CT molecular complexity index is 775. The third kappa shape index (κ3) is 4.22. The van der Waals surface area contributed by atoms with Gasteiger partial charge in [0.05, 0.1) is 5.56 Å². The molecule has 0 spiro atoms. The van der Waals surface area contributed by atoms with Crippen LogP contribution in [-0.2, 0) is 19.8 Å². The van der Waals surface area contributed by atoms with E-state index in [9.17, 15) is 18.0 Å². The summed E-state index contributed by atoms with van der Waals surface area (Å²) in [5, 5.41) is 0. The second-order valence-electron chi connectivity index (χ2n) is 6.29. The molecule has 1 aliphatic rings. The van der Waals surface area contributed by atoms with Crippen LogP contribution in [0.1, 0.15) is 11.1 Å². The fourth-order valence-electron chi connectivity index (χ4n) is 2.97. The van der Waals surface area contributed by atoms with Crippen LogP contribution in [0.4, 0.5) is 18.9 Å². The fourth-order valence-corrected chi connectivity index (χ4v) is 2.97. The Morgan fingerprint density at radius 2 is 1.64 bits per heavy atom. The Kier molecular flexibility index (Phi) is 4.85. The molecule has 0 aliphatic carbocycles. The number of hydrogen-bond acceptors (Lipinski definition) is 3. The lowest BCUT2D eigenvalue weighted by molar-refractivity contribution is -0.137. The average molecular weight is 351 g/mol. The maximum absolute atomic E-state index is 12.6. The van der Waals surface area contributed by atoms with E-state index in [0.717, 1.165) is 49.6 Å². The summed E-state index contributed by atoms with van der Waals surface area (Å²) in [5.74, 6) is 0. The lowest BCUT2D eigenvalue weighted by Crippen LogP contribution is -2.46. The van der Waals surface area contributed by atoms with Crippen molar-refractivity contribution in [3.63, 3.8) is 0 Å². The summed E-state index contributed by atoms with van der Waals surface area (Å²) in [6.07, 6.45) is -2.54. The second kappa shape index (κ2) is 6.92. The number of anilines is 1. The third-order valence-electron chi connectivity index (χ3n) is 4.51. The number of aryl methyl sites for hydroxylation is 1. The van der Waals surface area contributed by atoms with Gasteiger partial charge in [-0.3, -0.25) is 9.69 Å². The van der Waals surface area contributed by atoms with Gasteiger partial charge in [-0.25, -0.2) is 0 Å². The normalized spacial score (nSPS) is 16.2. The van der Waals surface area contributed by atoms with Crippen molar-refractivity contribution in [2.75, 3.05) is 31.1 Å². The molecule has 1 fully saturated rings. The van der Waals surface area contributed by atoms with Crippen molar-refractivity contribution in [2.45, 2.75) is 12.7 Å². The summed E-state index contributed by atoms with van der Waals surface area (Å²) in [7, 11) is 1.72. The number of pyridine rings is 1. The van der Waals surface area contributed by atoms with E-state index in [1.165, 1.54) is 16.7 Å². The van der Waals surface area contributed by atoms with E-state index < -0.39 is 11.7 Å². The average Bonchev–Trinajstić information content (AvgIpc) is 2.58. The molecule has 1 aliphatic heterocycles. The minimum absolute atomic E-state index is 0.0270. The number of piperazine rings is 1. The van der Waals surface area contributed by atoms with E-state index in [1.807, 2.05) is 6.07 Å². The smallest absolute Gasteiger partial charge is 0.369 e. The van der Waals surface area contributed by atoms with E-state index in [4.69, 9.17) is 0 Å². The van der Waals surface area contributed by atoms with Crippen LogP contribution < -0.4 is 10.5 Å². The summed E-state index contributed by atoms with van der Waals surface area (Å²) in [6, 6.07) is 8.88. The summed E-state index contributed by atoms with van der Waals surface area (Å²) < 4.78 is 39.4. The molecular formula is C18H20F3N3O. The van der Waals surface area contributed by atoms with Crippen LogP contribution in [0.5, 0.6) is 0 Å². The molecule has 1 aromatic carbocycles. The molecule has 2 aromatic rings. The topological polar surface area (TPSA) is 28.5 Å². The van der Waals surface area contributed by atoms with Crippen molar-refractivity contribution in [1.82, 2.24) is 9.47 Å². The number of hydrogen-bond donors (Lipinski definition) is 0. The molecule has 7 heteroatoms. The Labute approximate surface area is 144 Å². The number of aromatic nitrogens is 1. The molecule has 1 saturated heterocycles. The van der Waals surface area contributed by atoms with Gasteiger partial charge in [0, 0.05) is 57.7 Å². The van der Waals surface area contributed by atoms with Crippen molar-refractivity contribution in [2.24, 2.45) is 7.05 Å². The first kappa shape index (κ1) is 17.5. The monoisotopic (exact) mass is 351 g/mol. The molecule has 0 atom stereocenters. The number of alkyl halides is 3. The van der Waals surface area contributed by atoms with Gasteiger partial charge < -0.3 is 9.47 Å². The SMILES string of the molecule is Cn1ccc(CN2CCN(c3ccc(C(F)(F)F)cc3)CC2)cc1=O. The number of benzene rings is 1. The van der Waals surface area contributed by atoms with Gasteiger partial charge in [0.1, 0.15) is 0 Å². The molecule has 25 heavy (non-hydrogen) atoms. The Morgan fingerprint density at radius 1 is 1.00 bits per heavy atom. The number of rotatable bonds is 3. The second-order valence-corrected chi connectivity index (χ2v) is 6.29. The third-order valence-corrected chi connectivity index (χ3v) is 4.51. The molecule has 1 aromatic heterocycles. The van der Waals surface area contributed by atoms with Gasteiger partial charge in [-0.2, -0.15) is 13.2 Å². The molecule has 3 rings (SSSR count). The van der Waals surface area contributed by atoms with Crippen LogP contribution in [0.15, 0.2) is 47.4 Å². The minimum atomic E-state index is -4.30. The van der Waals surface area contributed by atoms with Gasteiger partial charge in [-0.15, -0.1) is 0 Å². The van der Waals surface area contributed by atoms with Crippen molar-refractivity contribution in [1.29, 1.82) is 0 Å². The van der Waals surface area contributed by atoms with E-state index >= 15 is 0 Å². The van der Waals surface area contributed by atoms with Crippen LogP contribution in [-0.4, -0.2) is 35.6 Å². The quantitative estimate of drug-likeness (QED) is 0.851. The lowest BCUT2D eigenvalue weighted by Gasteiger charge is -2.36. The van der Waals surface area contributed by atoms with Crippen LogP contribution in [0.25, 0.3) is 0 Å². The molecule has 0 radical (unpaired) electrons. The Hall–Kier alpha value is -2.28. The predicted molar refractivity (Wildman–Crippen MR) is 90.6 cm³/mol. The first-order valence-corrected chi connectivity index (χ1v) is 8.13. The number of nitrogens with zero attached hydrogens (tertiary/aromatic N) is 3. The first-order chi connectivity index (χ1) is 11.8. The van der Waals surface area contributed by atoms with Crippen LogP contribution >= 0.6 is 0 Å². The Balaban J connectivity index is 1.58. The van der Waals surface area contributed by atoms with E-state index in [2.05, 4.69) is 9.80 Å². The van der Waals surface area contributed by atoms with Crippen molar-refractivity contribution in [3.8, 4) is 0 Å². The molecule has 134 valence electrons. The summed E-state index contributed by atoms with van der Waals surface area (Å²) in [6.45, 7) is 3.80. The maximum atomic E-state index is 12.6. The van der Waals surface area contributed by atoms with E-state index in [1.54, 1.807) is 19.3 Å². The molecule has 0 unspecified atom stereocenters.